The second-order valence-electron chi connectivity index (χ2n) is 13.4. The zero-order chi connectivity index (χ0) is 32.0. The van der Waals surface area contributed by atoms with Crippen LogP contribution in [0, 0.1) is 0 Å². The van der Waals surface area contributed by atoms with Crippen molar-refractivity contribution in [1.82, 2.24) is 4.90 Å². The van der Waals surface area contributed by atoms with E-state index in [2.05, 4.69) is 81.5 Å². The van der Waals surface area contributed by atoms with E-state index in [4.69, 9.17) is 4.74 Å². The van der Waals surface area contributed by atoms with Gasteiger partial charge >= 0.3 is 0 Å². The predicted molar refractivity (Wildman–Crippen MR) is 201 cm³/mol. The quantitative estimate of drug-likeness (QED) is 0.0521. The largest absolute Gasteiger partial charge is 0.378 e. The van der Waals surface area contributed by atoms with Gasteiger partial charge in [-0.3, -0.25) is 0 Å². The zero-order valence-corrected chi connectivity index (χ0v) is 30.6. The molecule has 0 heterocycles. The topological polar surface area (TPSA) is 12.5 Å². The fourth-order valence-electron chi connectivity index (χ4n) is 5.66. The van der Waals surface area contributed by atoms with Gasteiger partial charge in [0, 0.05) is 6.61 Å². The lowest BCUT2D eigenvalue weighted by Crippen LogP contribution is -2.18. The maximum Gasteiger partial charge on any atom is 0.0575 e. The molecular formula is C42H79NO. The Bertz CT molecular complexity index is 598. The SMILES string of the molecule is CCCCCC=CCC=CCCCCCCCCC(CCCCCCCCC=CCC=CCCCCC)OCCCN(C)C. The first kappa shape index (κ1) is 42.9. The van der Waals surface area contributed by atoms with Crippen LogP contribution in [-0.2, 0) is 4.74 Å². The van der Waals surface area contributed by atoms with Gasteiger partial charge in [0.1, 0.15) is 0 Å². The summed E-state index contributed by atoms with van der Waals surface area (Å²) in [5.74, 6) is 0. The molecule has 0 N–H and O–H groups in total. The zero-order valence-electron chi connectivity index (χ0n) is 30.6. The fraction of sp³-hybridized carbons (Fsp3) is 0.810. The molecule has 0 amide bonds. The van der Waals surface area contributed by atoms with E-state index in [0.717, 1.165) is 32.4 Å². The number of unbranched alkanes of at least 4 members (excludes halogenated alkanes) is 18. The van der Waals surface area contributed by atoms with E-state index >= 15 is 0 Å². The van der Waals surface area contributed by atoms with Crippen molar-refractivity contribution in [2.75, 3.05) is 27.2 Å². The van der Waals surface area contributed by atoms with Crippen molar-refractivity contribution in [3.63, 3.8) is 0 Å². The van der Waals surface area contributed by atoms with Crippen LogP contribution in [0.5, 0.6) is 0 Å². The summed E-state index contributed by atoms with van der Waals surface area (Å²) in [7, 11) is 4.32. The molecule has 0 rings (SSSR count). The first-order chi connectivity index (χ1) is 21.7. The minimum absolute atomic E-state index is 0.480. The van der Waals surface area contributed by atoms with Crippen LogP contribution in [0.3, 0.4) is 0 Å². The maximum atomic E-state index is 6.39. The van der Waals surface area contributed by atoms with E-state index in [1.165, 1.54) is 154 Å². The highest BCUT2D eigenvalue weighted by Gasteiger charge is 2.09. The molecule has 0 aromatic carbocycles. The summed E-state index contributed by atoms with van der Waals surface area (Å²) in [4.78, 5) is 2.27. The third kappa shape index (κ3) is 37.1. The Hall–Kier alpha value is -1.12. The van der Waals surface area contributed by atoms with E-state index < -0.39 is 0 Å². The van der Waals surface area contributed by atoms with Gasteiger partial charge in [0.25, 0.3) is 0 Å². The second kappa shape index (κ2) is 38.1. The molecule has 0 fully saturated rings. The van der Waals surface area contributed by atoms with Gasteiger partial charge in [0.2, 0.25) is 0 Å². The lowest BCUT2D eigenvalue weighted by molar-refractivity contribution is 0.0342. The summed E-state index contributed by atoms with van der Waals surface area (Å²) in [6.45, 7) is 6.59. The van der Waals surface area contributed by atoms with E-state index in [1.54, 1.807) is 0 Å². The predicted octanol–water partition coefficient (Wildman–Crippen LogP) is 13.7. The minimum atomic E-state index is 0.480. The highest BCUT2D eigenvalue weighted by atomic mass is 16.5. The van der Waals surface area contributed by atoms with E-state index in [0.29, 0.717) is 6.10 Å². The van der Waals surface area contributed by atoms with Crippen molar-refractivity contribution in [3.05, 3.63) is 48.6 Å². The minimum Gasteiger partial charge on any atom is -0.378 e. The summed E-state index contributed by atoms with van der Waals surface area (Å²) in [6, 6.07) is 0. The average Bonchev–Trinajstić information content (AvgIpc) is 3.02. The van der Waals surface area contributed by atoms with Crippen LogP contribution in [0.2, 0.25) is 0 Å². The van der Waals surface area contributed by atoms with E-state index in [-0.39, 0.29) is 0 Å². The molecule has 0 radical (unpaired) electrons. The monoisotopic (exact) mass is 614 g/mol. The average molecular weight is 614 g/mol. The molecule has 44 heavy (non-hydrogen) atoms. The number of hydrogen-bond donors (Lipinski definition) is 0. The molecule has 0 spiro atoms. The first-order valence-corrected chi connectivity index (χ1v) is 19.6. The molecule has 0 saturated carbocycles. The summed E-state index contributed by atoms with van der Waals surface area (Å²) in [6.07, 6.45) is 54.8. The van der Waals surface area contributed by atoms with Crippen LogP contribution >= 0.6 is 0 Å². The number of nitrogens with zero attached hydrogens (tertiary/aromatic N) is 1. The summed E-state index contributed by atoms with van der Waals surface area (Å²) in [5.41, 5.74) is 0. The van der Waals surface area contributed by atoms with E-state index in [1.807, 2.05) is 0 Å². The number of rotatable bonds is 35. The van der Waals surface area contributed by atoms with Crippen LogP contribution in [0.1, 0.15) is 187 Å². The Balaban J connectivity index is 3.83. The van der Waals surface area contributed by atoms with Crippen molar-refractivity contribution in [2.45, 2.75) is 193 Å². The Kier molecular flexibility index (Phi) is 37.1. The Morgan fingerprint density at radius 1 is 0.432 bits per heavy atom. The van der Waals surface area contributed by atoms with Gasteiger partial charge in [0.05, 0.1) is 6.10 Å². The Labute approximate surface area is 278 Å². The standard InChI is InChI=1S/C42H79NO/c1-5-7-9-11-13-15-17-19-21-23-25-27-29-31-33-35-38-42(44-41-37-40-43(3)4)39-36-34-32-30-28-26-24-22-20-18-16-14-12-10-8-6-2/h13-16,19-22,42H,5-12,17-18,23-41H2,1-4H3. The normalized spacial score (nSPS) is 13.2. The molecule has 258 valence electrons. The fourth-order valence-corrected chi connectivity index (χ4v) is 5.66. The molecule has 0 unspecified atom stereocenters. The van der Waals surface area contributed by atoms with Crippen molar-refractivity contribution in [2.24, 2.45) is 0 Å². The molecular weight excluding hydrogens is 534 g/mol. The molecule has 0 saturated heterocycles. The van der Waals surface area contributed by atoms with Crippen LogP contribution in [0.4, 0.5) is 0 Å². The second-order valence-corrected chi connectivity index (χ2v) is 13.4. The highest BCUT2D eigenvalue weighted by Crippen LogP contribution is 2.18. The number of allylic oxidation sites excluding steroid dienone is 8. The smallest absolute Gasteiger partial charge is 0.0575 e. The van der Waals surface area contributed by atoms with Crippen molar-refractivity contribution >= 4 is 0 Å². The maximum absolute atomic E-state index is 6.39. The number of hydrogen-bond acceptors (Lipinski definition) is 2. The summed E-state index contributed by atoms with van der Waals surface area (Å²) in [5, 5.41) is 0. The third-order valence-electron chi connectivity index (χ3n) is 8.56. The Morgan fingerprint density at radius 3 is 1.18 bits per heavy atom. The van der Waals surface area contributed by atoms with Gasteiger partial charge in [-0.2, -0.15) is 0 Å². The van der Waals surface area contributed by atoms with Gasteiger partial charge < -0.3 is 9.64 Å². The lowest BCUT2D eigenvalue weighted by Gasteiger charge is -2.19. The molecule has 2 nitrogen and oxygen atoms in total. The molecule has 0 atom stereocenters. The van der Waals surface area contributed by atoms with Gasteiger partial charge in [-0.15, -0.1) is 0 Å². The van der Waals surface area contributed by atoms with Crippen LogP contribution in [0.15, 0.2) is 48.6 Å². The molecule has 0 aliphatic carbocycles. The molecule has 0 aliphatic heterocycles. The first-order valence-electron chi connectivity index (χ1n) is 19.6. The summed E-state index contributed by atoms with van der Waals surface area (Å²) < 4.78 is 6.39. The van der Waals surface area contributed by atoms with Gasteiger partial charge in [-0.1, -0.05) is 152 Å². The molecule has 0 aromatic heterocycles. The van der Waals surface area contributed by atoms with Crippen LogP contribution in [-0.4, -0.2) is 38.3 Å². The van der Waals surface area contributed by atoms with Crippen molar-refractivity contribution in [3.8, 4) is 0 Å². The molecule has 2 heteroatoms. The van der Waals surface area contributed by atoms with Gasteiger partial charge in [0.15, 0.2) is 0 Å². The number of ether oxygens (including phenoxy) is 1. The molecule has 0 aromatic rings. The van der Waals surface area contributed by atoms with Gasteiger partial charge in [-0.05, 0) is 104 Å². The van der Waals surface area contributed by atoms with E-state index in [9.17, 15) is 0 Å². The third-order valence-corrected chi connectivity index (χ3v) is 8.56. The molecule has 0 aliphatic rings. The van der Waals surface area contributed by atoms with Crippen LogP contribution < -0.4 is 0 Å². The lowest BCUT2D eigenvalue weighted by atomic mass is 10.0. The van der Waals surface area contributed by atoms with Crippen LogP contribution in [0.25, 0.3) is 0 Å². The van der Waals surface area contributed by atoms with Crippen molar-refractivity contribution < 1.29 is 4.74 Å². The molecule has 0 bridgehead atoms. The van der Waals surface area contributed by atoms with Crippen molar-refractivity contribution in [1.29, 1.82) is 0 Å². The van der Waals surface area contributed by atoms with Gasteiger partial charge in [-0.25, -0.2) is 0 Å². The highest BCUT2D eigenvalue weighted by molar-refractivity contribution is 4.93. The Morgan fingerprint density at radius 2 is 0.795 bits per heavy atom. The summed E-state index contributed by atoms with van der Waals surface area (Å²) >= 11 is 0.